The van der Waals surface area contributed by atoms with Gasteiger partial charge in [0.1, 0.15) is 11.6 Å². The van der Waals surface area contributed by atoms with E-state index in [0.717, 1.165) is 0 Å². The molecule has 3 rings (SSSR count). The Balaban J connectivity index is 2.42. The third-order valence-electron chi connectivity index (χ3n) is 4.08. The van der Waals surface area contributed by atoms with Crippen LogP contribution in [0.15, 0.2) is 11.5 Å². The number of nitrogens with two attached hydrogens (primary N) is 1. The van der Waals surface area contributed by atoms with Gasteiger partial charge in [-0.05, 0) is 5.92 Å². The maximum absolute atomic E-state index is 14.4. The number of nitrogens with zero attached hydrogens (tertiary/aromatic N) is 2. The number of H-pyrrole nitrogens is 1. The molecule has 1 unspecified atom stereocenters. The van der Waals surface area contributed by atoms with Gasteiger partial charge in [0.2, 0.25) is 17.6 Å². The number of hydrogen-bond donors (Lipinski definition) is 2. The quantitative estimate of drug-likeness (QED) is 0.482. The molecular formula is C16H11F5N4O. The standard InChI is InChI=1S/C16H11F5N4O/c1-4(2)14-8-6(5(3-22)15(23)26-16(8)25-24-14)7-9(17)11(19)13(21)12(20)10(7)18/h4,6H,23H2,1-2H3,(H,24,25). The number of ether oxygens (including phenoxy) is 1. The van der Waals surface area contributed by atoms with E-state index in [1.807, 2.05) is 0 Å². The topological polar surface area (TPSA) is 87.7 Å². The summed E-state index contributed by atoms with van der Waals surface area (Å²) in [5.41, 5.74) is 4.24. The molecule has 1 aliphatic heterocycles. The zero-order chi connectivity index (χ0) is 19.3. The fraction of sp³-hybridized carbons (Fsp3) is 0.250. The first-order valence-corrected chi connectivity index (χ1v) is 7.37. The monoisotopic (exact) mass is 370 g/mol. The minimum atomic E-state index is -2.29. The van der Waals surface area contributed by atoms with Crippen molar-refractivity contribution in [1.29, 1.82) is 5.26 Å². The first-order chi connectivity index (χ1) is 12.2. The number of nitrogens with one attached hydrogen (secondary N) is 1. The van der Waals surface area contributed by atoms with E-state index >= 15 is 0 Å². The second-order valence-electron chi connectivity index (χ2n) is 5.92. The van der Waals surface area contributed by atoms with Crippen molar-refractivity contribution in [2.45, 2.75) is 25.7 Å². The van der Waals surface area contributed by atoms with Crippen LogP contribution in [0.1, 0.15) is 42.5 Å². The predicted octanol–water partition coefficient (Wildman–Crippen LogP) is 3.45. The number of hydrogen-bond acceptors (Lipinski definition) is 4. The minimum absolute atomic E-state index is 0.00559. The lowest BCUT2D eigenvalue weighted by atomic mass is 9.81. The van der Waals surface area contributed by atoms with E-state index in [9.17, 15) is 27.2 Å². The van der Waals surface area contributed by atoms with Crippen LogP contribution in [0.2, 0.25) is 0 Å². The number of benzene rings is 1. The Morgan fingerprint density at radius 3 is 2.08 bits per heavy atom. The van der Waals surface area contributed by atoms with Gasteiger partial charge in [-0.3, -0.25) is 5.10 Å². The zero-order valence-electron chi connectivity index (χ0n) is 13.4. The summed E-state index contributed by atoms with van der Waals surface area (Å²) in [4.78, 5) is 0. The molecule has 2 heterocycles. The number of aromatic nitrogens is 2. The van der Waals surface area contributed by atoms with Gasteiger partial charge in [-0.25, -0.2) is 22.0 Å². The summed E-state index contributed by atoms with van der Waals surface area (Å²) >= 11 is 0. The van der Waals surface area contributed by atoms with Gasteiger partial charge in [-0.2, -0.15) is 5.26 Å². The molecule has 136 valence electrons. The summed E-state index contributed by atoms with van der Waals surface area (Å²) in [5.74, 6) is -13.3. The molecule has 26 heavy (non-hydrogen) atoms. The number of fused-ring (bicyclic) bond motifs is 1. The van der Waals surface area contributed by atoms with Crippen molar-refractivity contribution in [3.05, 3.63) is 57.4 Å². The van der Waals surface area contributed by atoms with E-state index in [4.69, 9.17) is 10.5 Å². The maximum atomic E-state index is 14.4. The Hall–Kier alpha value is -3.09. The summed E-state index contributed by atoms with van der Waals surface area (Å²) in [7, 11) is 0. The van der Waals surface area contributed by atoms with E-state index in [0.29, 0.717) is 5.69 Å². The SMILES string of the molecule is CC(C)c1[nH]nc2c1C(c1c(F)c(F)c(F)c(F)c1F)C(C#N)=C(N)O2. The molecule has 0 amide bonds. The Bertz CT molecular complexity index is 960. The summed E-state index contributed by atoms with van der Waals surface area (Å²) in [6, 6.07) is 1.62. The van der Waals surface area contributed by atoms with Gasteiger partial charge in [0.15, 0.2) is 23.3 Å². The highest BCUT2D eigenvalue weighted by molar-refractivity contribution is 5.56. The van der Waals surface area contributed by atoms with Gasteiger partial charge in [-0.1, -0.05) is 13.8 Å². The largest absolute Gasteiger partial charge is 0.420 e. The van der Waals surface area contributed by atoms with Crippen LogP contribution in [-0.2, 0) is 0 Å². The maximum Gasteiger partial charge on any atom is 0.244 e. The predicted molar refractivity (Wildman–Crippen MR) is 78.2 cm³/mol. The number of aromatic amines is 1. The zero-order valence-corrected chi connectivity index (χ0v) is 13.4. The third kappa shape index (κ3) is 2.31. The molecule has 0 radical (unpaired) electrons. The summed E-state index contributed by atoms with van der Waals surface area (Å²) in [6.07, 6.45) is 0. The second kappa shape index (κ2) is 6.01. The molecule has 0 saturated carbocycles. The fourth-order valence-electron chi connectivity index (χ4n) is 2.87. The molecule has 0 bridgehead atoms. The molecule has 1 atom stereocenters. The van der Waals surface area contributed by atoms with E-state index in [-0.39, 0.29) is 17.4 Å². The van der Waals surface area contributed by atoms with Crippen molar-refractivity contribution in [2.24, 2.45) is 5.73 Å². The molecule has 1 aromatic carbocycles. The van der Waals surface area contributed by atoms with Crippen LogP contribution in [-0.4, -0.2) is 10.2 Å². The smallest absolute Gasteiger partial charge is 0.244 e. The Kier molecular flexibility index (Phi) is 4.10. The van der Waals surface area contributed by atoms with Gasteiger partial charge >= 0.3 is 0 Å². The van der Waals surface area contributed by atoms with Gasteiger partial charge < -0.3 is 10.5 Å². The van der Waals surface area contributed by atoms with Crippen molar-refractivity contribution in [2.75, 3.05) is 0 Å². The fourth-order valence-corrected chi connectivity index (χ4v) is 2.87. The lowest BCUT2D eigenvalue weighted by Crippen LogP contribution is -2.24. The summed E-state index contributed by atoms with van der Waals surface area (Å²) in [6.45, 7) is 3.41. The van der Waals surface area contributed by atoms with E-state index < -0.39 is 52.0 Å². The second-order valence-corrected chi connectivity index (χ2v) is 5.92. The first-order valence-electron chi connectivity index (χ1n) is 7.37. The Labute approximate surface area is 143 Å². The van der Waals surface area contributed by atoms with Crippen LogP contribution in [0.3, 0.4) is 0 Å². The average molecular weight is 370 g/mol. The normalized spacial score (nSPS) is 16.5. The van der Waals surface area contributed by atoms with Crippen LogP contribution in [0, 0.1) is 40.4 Å². The minimum Gasteiger partial charge on any atom is -0.420 e. The van der Waals surface area contributed by atoms with Gasteiger partial charge in [0.05, 0.1) is 11.5 Å². The molecule has 0 aliphatic carbocycles. The third-order valence-corrected chi connectivity index (χ3v) is 4.08. The van der Waals surface area contributed by atoms with Crippen molar-refractivity contribution in [3.8, 4) is 11.9 Å². The number of nitriles is 1. The Morgan fingerprint density at radius 2 is 1.58 bits per heavy atom. The number of allylic oxidation sites excluding steroid dienone is 1. The molecule has 0 spiro atoms. The molecule has 2 aromatic rings. The highest BCUT2D eigenvalue weighted by Crippen LogP contribution is 2.46. The van der Waals surface area contributed by atoms with Crippen LogP contribution in [0.4, 0.5) is 22.0 Å². The molecule has 1 aromatic heterocycles. The molecule has 0 fully saturated rings. The number of rotatable bonds is 2. The number of halogens is 5. The van der Waals surface area contributed by atoms with Crippen molar-refractivity contribution in [1.82, 2.24) is 10.2 Å². The summed E-state index contributed by atoms with van der Waals surface area (Å²) in [5, 5.41) is 15.8. The van der Waals surface area contributed by atoms with Crippen molar-refractivity contribution >= 4 is 0 Å². The molecule has 10 heteroatoms. The lowest BCUT2D eigenvalue weighted by Gasteiger charge is -2.25. The highest BCUT2D eigenvalue weighted by atomic mass is 19.2. The lowest BCUT2D eigenvalue weighted by molar-refractivity contribution is 0.357. The molecular weight excluding hydrogens is 359 g/mol. The van der Waals surface area contributed by atoms with Crippen molar-refractivity contribution in [3.63, 3.8) is 0 Å². The van der Waals surface area contributed by atoms with Gasteiger partial charge in [0.25, 0.3) is 0 Å². The van der Waals surface area contributed by atoms with Crippen LogP contribution >= 0.6 is 0 Å². The van der Waals surface area contributed by atoms with Crippen LogP contribution in [0.25, 0.3) is 0 Å². The van der Waals surface area contributed by atoms with E-state index in [1.54, 1.807) is 19.9 Å². The molecule has 0 saturated heterocycles. The summed E-state index contributed by atoms with van der Waals surface area (Å²) < 4.78 is 74.7. The van der Waals surface area contributed by atoms with Gasteiger partial charge in [0, 0.05) is 11.3 Å². The highest BCUT2D eigenvalue weighted by Gasteiger charge is 2.41. The average Bonchev–Trinajstić information content (AvgIpc) is 3.01. The van der Waals surface area contributed by atoms with E-state index in [1.165, 1.54) is 0 Å². The van der Waals surface area contributed by atoms with Crippen LogP contribution < -0.4 is 10.5 Å². The Morgan fingerprint density at radius 1 is 1.04 bits per heavy atom. The molecule has 5 nitrogen and oxygen atoms in total. The molecule has 3 N–H and O–H groups in total. The van der Waals surface area contributed by atoms with E-state index in [2.05, 4.69) is 10.2 Å². The van der Waals surface area contributed by atoms with Crippen molar-refractivity contribution < 1.29 is 26.7 Å². The first kappa shape index (κ1) is 17.7. The van der Waals surface area contributed by atoms with Crippen LogP contribution in [0.5, 0.6) is 5.88 Å². The molecule has 1 aliphatic rings. The van der Waals surface area contributed by atoms with Gasteiger partial charge in [-0.15, -0.1) is 5.10 Å².